The smallest absolute Gasteiger partial charge is 0.118 e. The molecule has 0 saturated heterocycles. The summed E-state index contributed by atoms with van der Waals surface area (Å²) in [6, 6.07) is 7.97. The number of benzene rings is 1. The van der Waals surface area contributed by atoms with Crippen LogP contribution in [0.15, 0.2) is 24.3 Å². The predicted octanol–water partition coefficient (Wildman–Crippen LogP) is 3.73. The SMILES string of the molecule is COc1ccc([C@@]2(O)C[C@H]3CC[C@]2(C)C3(C)C)cc1. The van der Waals surface area contributed by atoms with Crippen molar-refractivity contribution in [1.82, 2.24) is 0 Å². The molecular weight excluding hydrogens is 236 g/mol. The van der Waals surface area contributed by atoms with Crippen LogP contribution in [0.1, 0.15) is 45.6 Å². The zero-order valence-electron chi connectivity index (χ0n) is 12.4. The summed E-state index contributed by atoms with van der Waals surface area (Å²) in [5.74, 6) is 1.48. The van der Waals surface area contributed by atoms with Crippen molar-refractivity contribution in [3.63, 3.8) is 0 Å². The summed E-state index contributed by atoms with van der Waals surface area (Å²) in [7, 11) is 1.67. The van der Waals surface area contributed by atoms with Crippen LogP contribution in [-0.2, 0) is 5.60 Å². The minimum absolute atomic E-state index is 0.0285. The summed E-state index contributed by atoms with van der Waals surface area (Å²) in [6.07, 6.45) is 3.26. The monoisotopic (exact) mass is 260 g/mol. The maximum Gasteiger partial charge on any atom is 0.118 e. The predicted molar refractivity (Wildman–Crippen MR) is 76.1 cm³/mol. The largest absolute Gasteiger partial charge is 0.497 e. The van der Waals surface area contributed by atoms with E-state index in [4.69, 9.17) is 4.74 Å². The third kappa shape index (κ3) is 1.41. The molecule has 0 amide bonds. The fourth-order valence-electron chi connectivity index (χ4n) is 4.58. The summed E-state index contributed by atoms with van der Waals surface area (Å²) in [6.45, 7) is 6.92. The lowest BCUT2D eigenvalue weighted by Gasteiger charge is -2.45. The van der Waals surface area contributed by atoms with Crippen LogP contribution in [0.25, 0.3) is 0 Å². The van der Waals surface area contributed by atoms with Gasteiger partial charge in [-0.3, -0.25) is 0 Å². The van der Waals surface area contributed by atoms with Crippen molar-refractivity contribution >= 4 is 0 Å². The van der Waals surface area contributed by atoms with E-state index in [-0.39, 0.29) is 10.8 Å². The summed E-state index contributed by atoms with van der Waals surface area (Å²) in [5.41, 5.74) is 0.540. The van der Waals surface area contributed by atoms with Gasteiger partial charge in [0.25, 0.3) is 0 Å². The molecule has 0 aromatic heterocycles. The Balaban J connectivity index is 2.04. The van der Waals surface area contributed by atoms with Crippen LogP contribution in [0.2, 0.25) is 0 Å². The molecule has 3 atom stereocenters. The van der Waals surface area contributed by atoms with Gasteiger partial charge in [0.05, 0.1) is 12.7 Å². The molecule has 1 N–H and O–H groups in total. The first-order chi connectivity index (χ1) is 8.85. The number of ether oxygens (including phenoxy) is 1. The number of methoxy groups -OCH3 is 1. The molecule has 2 nitrogen and oxygen atoms in total. The average molecular weight is 260 g/mol. The first-order valence-corrected chi connectivity index (χ1v) is 7.22. The molecule has 2 bridgehead atoms. The van der Waals surface area contributed by atoms with Crippen molar-refractivity contribution in [2.45, 2.75) is 45.6 Å². The van der Waals surface area contributed by atoms with Crippen molar-refractivity contribution < 1.29 is 9.84 Å². The van der Waals surface area contributed by atoms with Crippen LogP contribution in [0, 0.1) is 16.7 Å². The van der Waals surface area contributed by atoms with E-state index in [1.165, 1.54) is 6.42 Å². The normalized spacial score (nSPS) is 39.5. The number of rotatable bonds is 2. The summed E-state index contributed by atoms with van der Waals surface area (Å²) < 4.78 is 5.21. The highest BCUT2D eigenvalue weighted by molar-refractivity contribution is 5.36. The fourth-order valence-corrected chi connectivity index (χ4v) is 4.58. The Kier molecular flexibility index (Phi) is 2.57. The molecule has 2 aliphatic carbocycles. The third-order valence-electron chi connectivity index (χ3n) is 6.46. The van der Waals surface area contributed by atoms with Crippen LogP contribution in [0.3, 0.4) is 0 Å². The standard InChI is InChI=1S/C17H24O2/c1-15(2)13-9-10-16(15,3)17(18,11-13)12-5-7-14(19-4)8-6-12/h5-8,13,18H,9-11H2,1-4H3/t13-,16-,17+/m1/s1. The van der Waals surface area contributed by atoms with Gasteiger partial charge in [-0.1, -0.05) is 32.9 Å². The van der Waals surface area contributed by atoms with Crippen LogP contribution in [-0.4, -0.2) is 12.2 Å². The van der Waals surface area contributed by atoms with Crippen LogP contribution >= 0.6 is 0 Å². The molecule has 104 valence electrons. The molecule has 1 aromatic rings. The van der Waals surface area contributed by atoms with Gasteiger partial charge in [0, 0.05) is 5.41 Å². The number of hydrogen-bond donors (Lipinski definition) is 1. The number of hydrogen-bond acceptors (Lipinski definition) is 2. The molecule has 2 saturated carbocycles. The maximum absolute atomic E-state index is 11.4. The van der Waals surface area contributed by atoms with E-state index in [1.807, 2.05) is 24.3 Å². The molecule has 0 unspecified atom stereocenters. The van der Waals surface area contributed by atoms with Gasteiger partial charge in [-0.05, 0) is 48.3 Å². The fraction of sp³-hybridized carbons (Fsp3) is 0.647. The van der Waals surface area contributed by atoms with Crippen molar-refractivity contribution in [3.05, 3.63) is 29.8 Å². The molecule has 2 aliphatic rings. The van der Waals surface area contributed by atoms with E-state index < -0.39 is 5.60 Å². The Morgan fingerprint density at radius 2 is 1.79 bits per heavy atom. The van der Waals surface area contributed by atoms with Gasteiger partial charge in [-0.15, -0.1) is 0 Å². The second-order valence-electron chi connectivity index (χ2n) is 7.08. The molecule has 2 heteroatoms. The number of aliphatic hydroxyl groups is 1. The van der Waals surface area contributed by atoms with E-state index in [9.17, 15) is 5.11 Å². The molecular formula is C17H24O2. The van der Waals surface area contributed by atoms with E-state index >= 15 is 0 Å². The molecule has 1 aromatic carbocycles. The van der Waals surface area contributed by atoms with Crippen LogP contribution in [0.4, 0.5) is 0 Å². The first kappa shape index (κ1) is 13.0. The van der Waals surface area contributed by atoms with Gasteiger partial charge in [0.15, 0.2) is 0 Å². The van der Waals surface area contributed by atoms with Gasteiger partial charge in [-0.2, -0.15) is 0 Å². The Morgan fingerprint density at radius 3 is 2.21 bits per heavy atom. The quantitative estimate of drug-likeness (QED) is 0.878. The minimum atomic E-state index is -0.689. The van der Waals surface area contributed by atoms with E-state index in [2.05, 4.69) is 20.8 Å². The summed E-state index contributed by atoms with van der Waals surface area (Å²) in [4.78, 5) is 0. The highest BCUT2D eigenvalue weighted by Crippen LogP contribution is 2.72. The minimum Gasteiger partial charge on any atom is -0.497 e. The molecule has 0 spiro atoms. The van der Waals surface area contributed by atoms with E-state index in [0.717, 1.165) is 24.2 Å². The van der Waals surface area contributed by atoms with Crippen LogP contribution in [0.5, 0.6) is 5.75 Å². The Morgan fingerprint density at radius 1 is 1.16 bits per heavy atom. The van der Waals surface area contributed by atoms with Gasteiger partial charge in [-0.25, -0.2) is 0 Å². The number of fused-ring (bicyclic) bond motifs is 2. The molecule has 0 heterocycles. The van der Waals surface area contributed by atoms with Crippen LogP contribution < -0.4 is 4.74 Å². The average Bonchev–Trinajstić information content (AvgIpc) is 2.71. The summed E-state index contributed by atoms with van der Waals surface area (Å²) >= 11 is 0. The van der Waals surface area contributed by atoms with Crippen molar-refractivity contribution in [3.8, 4) is 5.75 Å². The second kappa shape index (κ2) is 3.76. The van der Waals surface area contributed by atoms with Gasteiger partial charge < -0.3 is 9.84 Å². The maximum atomic E-state index is 11.4. The van der Waals surface area contributed by atoms with E-state index in [0.29, 0.717) is 5.92 Å². The molecule has 0 radical (unpaired) electrons. The van der Waals surface area contributed by atoms with Crippen molar-refractivity contribution in [1.29, 1.82) is 0 Å². The topological polar surface area (TPSA) is 29.5 Å². The lowest BCUT2D eigenvalue weighted by molar-refractivity contribution is -0.0957. The van der Waals surface area contributed by atoms with Gasteiger partial charge >= 0.3 is 0 Å². The zero-order valence-corrected chi connectivity index (χ0v) is 12.4. The first-order valence-electron chi connectivity index (χ1n) is 7.22. The zero-order chi connectivity index (χ0) is 13.9. The van der Waals surface area contributed by atoms with Crippen molar-refractivity contribution in [2.75, 3.05) is 7.11 Å². The molecule has 0 aliphatic heterocycles. The second-order valence-corrected chi connectivity index (χ2v) is 7.08. The van der Waals surface area contributed by atoms with E-state index in [1.54, 1.807) is 7.11 Å². The molecule has 2 fully saturated rings. The summed E-state index contributed by atoms with van der Waals surface area (Å²) in [5, 5.41) is 11.4. The van der Waals surface area contributed by atoms with Gasteiger partial charge in [0.2, 0.25) is 0 Å². The Labute approximate surface area is 115 Å². The third-order valence-corrected chi connectivity index (χ3v) is 6.46. The van der Waals surface area contributed by atoms with Gasteiger partial charge in [0.1, 0.15) is 5.75 Å². The highest BCUT2D eigenvalue weighted by Gasteiger charge is 2.68. The van der Waals surface area contributed by atoms with Crippen molar-refractivity contribution in [2.24, 2.45) is 16.7 Å². The Hall–Kier alpha value is -1.02. The molecule has 19 heavy (non-hydrogen) atoms. The lowest BCUT2D eigenvalue weighted by Crippen LogP contribution is -2.44. The lowest BCUT2D eigenvalue weighted by atomic mass is 9.62. The molecule has 3 rings (SSSR count). The Bertz CT molecular complexity index is 490. The highest BCUT2D eigenvalue weighted by atomic mass is 16.5.